The number of hydrogen-bond acceptors (Lipinski definition) is 5. The first kappa shape index (κ1) is 21.5. The van der Waals surface area contributed by atoms with Crippen molar-refractivity contribution in [1.29, 1.82) is 0 Å². The summed E-state index contributed by atoms with van der Waals surface area (Å²) >= 11 is 1.15. The summed E-state index contributed by atoms with van der Waals surface area (Å²) in [4.78, 5) is 31.6. The van der Waals surface area contributed by atoms with E-state index in [1.807, 2.05) is 0 Å². The lowest BCUT2D eigenvalue weighted by Gasteiger charge is -2.11. The highest BCUT2D eigenvalue weighted by molar-refractivity contribution is 8.00. The highest BCUT2D eigenvalue weighted by atomic mass is 32.2. The molecule has 0 bridgehead atoms. The molecule has 1 aromatic heterocycles. The van der Waals surface area contributed by atoms with E-state index in [1.165, 1.54) is 0 Å². The summed E-state index contributed by atoms with van der Waals surface area (Å²) in [7, 11) is 1.55. The molecule has 1 atom stereocenters. The number of aromatic amines is 1. The van der Waals surface area contributed by atoms with Gasteiger partial charge in [-0.3, -0.25) is 9.59 Å². The Morgan fingerprint density at radius 2 is 1.97 bits per heavy atom. The van der Waals surface area contributed by atoms with E-state index in [-0.39, 0.29) is 0 Å². The second kappa shape index (κ2) is 9.08. The van der Waals surface area contributed by atoms with Crippen molar-refractivity contribution < 1.29 is 27.5 Å². The van der Waals surface area contributed by atoms with Crippen molar-refractivity contribution >= 4 is 40.3 Å². The molecule has 0 aliphatic carbocycles. The zero-order valence-corrected chi connectivity index (χ0v) is 16.7. The molecule has 0 aliphatic heterocycles. The summed E-state index contributed by atoms with van der Waals surface area (Å²) in [6, 6.07) is 6.90. The normalized spacial score (nSPS) is 11.9. The van der Waals surface area contributed by atoms with Gasteiger partial charge in [0.15, 0.2) is 22.6 Å². The van der Waals surface area contributed by atoms with Crippen molar-refractivity contribution in [3.8, 4) is 5.75 Å². The van der Waals surface area contributed by atoms with Crippen molar-refractivity contribution in [2.45, 2.75) is 17.3 Å². The van der Waals surface area contributed by atoms with Gasteiger partial charge in [-0.2, -0.15) is 0 Å². The van der Waals surface area contributed by atoms with Crippen LogP contribution < -0.4 is 15.4 Å². The summed E-state index contributed by atoms with van der Waals surface area (Å²) in [5.74, 6) is -5.16. The van der Waals surface area contributed by atoms with Crippen LogP contribution >= 0.6 is 11.8 Å². The molecule has 0 radical (unpaired) electrons. The minimum absolute atomic E-state index is 0.459. The largest absolute Gasteiger partial charge is 0.497 e. The summed E-state index contributed by atoms with van der Waals surface area (Å²) in [5, 5.41) is 4.39. The molecule has 0 fully saturated rings. The number of carbonyl (C=O) groups is 2. The number of rotatable bonds is 7. The van der Waals surface area contributed by atoms with Gasteiger partial charge in [0, 0.05) is 6.07 Å². The van der Waals surface area contributed by atoms with Crippen LogP contribution in [-0.2, 0) is 9.59 Å². The minimum Gasteiger partial charge on any atom is -0.497 e. The molecule has 2 aromatic carbocycles. The monoisotopic (exact) mass is 438 g/mol. The smallest absolute Gasteiger partial charge is 0.243 e. The fourth-order valence-electron chi connectivity index (χ4n) is 2.50. The van der Waals surface area contributed by atoms with E-state index in [4.69, 9.17) is 4.74 Å². The lowest BCUT2D eigenvalue weighted by molar-refractivity contribution is -0.123. The standard InChI is InChI=1S/C19H17F3N4O3S/c1-9(30-19-25-12-5-3-10(29-2)7-14(12)26-19)18(28)23-8-15(27)24-13-6-4-11(20)16(21)17(13)22/h3-7,9H,8H2,1-2H3,(H,23,28)(H,24,27)(H,25,26)/t9-/m1/s1. The third kappa shape index (κ3) is 4.85. The quantitative estimate of drug-likeness (QED) is 0.389. The number of methoxy groups -OCH3 is 1. The average Bonchev–Trinajstić information content (AvgIpc) is 3.13. The zero-order valence-electron chi connectivity index (χ0n) is 15.9. The lowest BCUT2D eigenvalue weighted by atomic mass is 10.2. The van der Waals surface area contributed by atoms with Crippen molar-refractivity contribution in [2.24, 2.45) is 0 Å². The van der Waals surface area contributed by atoms with Gasteiger partial charge in [0.05, 0.1) is 35.6 Å². The van der Waals surface area contributed by atoms with Crippen LogP contribution in [0.15, 0.2) is 35.5 Å². The first-order valence-electron chi connectivity index (χ1n) is 8.70. The average molecular weight is 438 g/mol. The van der Waals surface area contributed by atoms with Gasteiger partial charge in [0.25, 0.3) is 0 Å². The molecule has 158 valence electrons. The number of benzene rings is 2. The number of fused-ring (bicyclic) bond motifs is 1. The molecule has 0 saturated carbocycles. The highest BCUT2D eigenvalue weighted by Gasteiger charge is 2.19. The lowest BCUT2D eigenvalue weighted by Crippen LogP contribution is -2.37. The highest BCUT2D eigenvalue weighted by Crippen LogP contribution is 2.25. The number of thioether (sulfide) groups is 1. The Hall–Kier alpha value is -3.21. The number of ether oxygens (including phenoxy) is 1. The third-order valence-corrected chi connectivity index (χ3v) is 5.04. The van der Waals surface area contributed by atoms with Crippen LogP contribution in [0.3, 0.4) is 0 Å². The molecule has 3 aromatic rings. The maximum atomic E-state index is 13.6. The Balaban J connectivity index is 1.54. The van der Waals surface area contributed by atoms with E-state index >= 15 is 0 Å². The number of halogens is 3. The van der Waals surface area contributed by atoms with E-state index in [1.54, 1.807) is 32.2 Å². The maximum absolute atomic E-state index is 13.6. The molecular formula is C19H17F3N4O3S. The van der Waals surface area contributed by atoms with Crippen molar-refractivity contribution in [3.63, 3.8) is 0 Å². The molecule has 3 rings (SSSR count). The molecule has 7 nitrogen and oxygen atoms in total. The Kier molecular flexibility index (Phi) is 6.50. The third-order valence-electron chi connectivity index (χ3n) is 4.06. The predicted molar refractivity (Wildman–Crippen MR) is 106 cm³/mol. The van der Waals surface area contributed by atoms with Crippen LogP contribution in [0.4, 0.5) is 18.9 Å². The number of carbonyl (C=O) groups excluding carboxylic acids is 2. The van der Waals surface area contributed by atoms with E-state index in [0.717, 1.165) is 23.3 Å². The number of hydrogen-bond donors (Lipinski definition) is 3. The van der Waals surface area contributed by atoms with Gasteiger partial charge in [-0.1, -0.05) is 11.8 Å². The maximum Gasteiger partial charge on any atom is 0.243 e. The molecule has 0 aliphatic rings. The van der Waals surface area contributed by atoms with Gasteiger partial charge in [-0.25, -0.2) is 18.2 Å². The number of H-pyrrole nitrogens is 1. The topological polar surface area (TPSA) is 96.1 Å². The molecule has 0 saturated heterocycles. The first-order chi connectivity index (χ1) is 14.3. The summed E-state index contributed by atoms with van der Waals surface area (Å²) < 4.78 is 44.9. The van der Waals surface area contributed by atoms with Gasteiger partial charge in [0.1, 0.15) is 5.75 Å². The molecule has 30 heavy (non-hydrogen) atoms. The van der Waals surface area contributed by atoms with Gasteiger partial charge in [-0.05, 0) is 31.2 Å². The predicted octanol–water partition coefficient (Wildman–Crippen LogP) is 3.22. The van der Waals surface area contributed by atoms with Crippen LogP contribution in [0.5, 0.6) is 5.75 Å². The molecular weight excluding hydrogens is 421 g/mol. The van der Waals surface area contributed by atoms with Crippen LogP contribution in [0.25, 0.3) is 11.0 Å². The summed E-state index contributed by atoms with van der Waals surface area (Å²) in [5.41, 5.74) is 0.935. The fraction of sp³-hybridized carbons (Fsp3) is 0.211. The minimum atomic E-state index is -1.69. The van der Waals surface area contributed by atoms with E-state index < -0.39 is 46.7 Å². The fourth-order valence-corrected chi connectivity index (χ4v) is 3.34. The number of nitrogens with zero attached hydrogens (tertiary/aromatic N) is 1. The number of aromatic nitrogens is 2. The number of anilines is 1. The molecule has 0 spiro atoms. The van der Waals surface area contributed by atoms with Gasteiger partial charge >= 0.3 is 0 Å². The van der Waals surface area contributed by atoms with Crippen LogP contribution in [0, 0.1) is 17.5 Å². The summed E-state index contributed by atoms with van der Waals surface area (Å²) in [6.07, 6.45) is 0. The van der Waals surface area contributed by atoms with Crippen molar-refractivity contribution in [2.75, 3.05) is 19.0 Å². The Bertz CT molecular complexity index is 1110. The Morgan fingerprint density at radius 1 is 1.20 bits per heavy atom. The molecule has 1 heterocycles. The second-order valence-electron chi connectivity index (χ2n) is 6.17. The van der Waals surface area contributed by atoms with Gasteiger partial charge in [-0.15, -0.1) is 0 Å². The molecule has 11 heteroatoms. The number of amides is 2. The Morgan fingerprint density at radius 3 is 2.70 bits per heavy atom. The van der Waals surface area contributed by atoms with Crippen LogP contribution in [-0.4, -0.2) is 40.7 Å². The molecule has 2 amide bonds. The van der Waals surface area contributed by atoms with Crippen LogP contribution in [0.1, 0.15) is 6.92 Å². The van der Waals surface area contributed by atoms with Crippen LogP contribution in [0.2, 0.25) is 0 Å². The van der Waals surface area contributed by atoms with E-state index in [2.05, 4.69) is 20.6 Å². The van der Waals surface area contributed by atoms with Gasteiger partial charge in [0.2, 0.25) is 11.8 Å². The molecule has 3 N–H and O–H groups in total. The second-order valence-corrected chi connectivity index (χ2v) is 7.50. The zero-order chi connectivity index (χ0) is 21.8. The van der Waals surface area contributed by atoms with Crippen molar-refractivity contribution in [1.82, 2.24) is 15.3 Å². The summed E-state index contributed by atoms with van der Waals surface area (Å²) in [6.45, 7) is 1.15. The SMILES string of the molecule is COc1ccc2nc(S[C@H](C)C(=O)NCC(=O)Nc3ccc(F)c(F)c3F)[nH]c2c1. The van der Waals surface area contributed by atoms with Gasteiger partial charge < -0.3 is 20.4 Å². The first-order valence-corrected chi connectivity index (χ1v) is 9.58. The van der Waals surface area contributed by atoms with Crippen molar-refractivity contribution in [3.05, 3.63) is 47.8 Å². The van der Waals surface area contributed by atoms with E-state index in [0.29, 0.717) is 22.5 Å². The number of imidazole rings is 1. The number of nitrogens with one attached hydrogen (secondary N) is 3. The molecule has 0 unspecified atom stereocenters. The Labute approximate surface area is 173 Å². The van der Waals surface area contributed by atoms with E-state index in [9.17, 15) is 22.8 Å².